The van der Waals surface area contributed by atoms with E-state index in [1.165, 1.54) is 23.9 Å². The number of para-hydroxylation sites is 2. The molecule has 30 heavy (non-hydrogen) atoms. The molecule has 2 aromatic heterocycles. The second-order valence-corrected chi connectivity index (χ2v) is 7.35. The predicted octanol–water partition coefficient (Wildman–Crippen LogP) is 4.12. The minimum Gasteiger partial charge on any atom is -0.397 e. The maximum atomic E-state index is 12.4. The number of thiazole rings is 1. The standard InChI is InChI=1S/C21H19N7OS/c22-15-8-4-5-9-16(15)27-20(29)17-12-24-21(30-17)28-19-10-18(25-13-26-19)23-11-14-6-2-1-3-7-14/h1-10,12-13H,11,22H2,(H,27,29)(H2,23,24,25,26,28). The van der Waals surface area contributed by atoms with Gasteiger partial charge in [0.1, 0.15) is 22.8 Å². The van der Waals surface area contributed by atoms with Gasteiger partial charge >= 0.3 is 0 Å². The molecule has 1 amide bonds. The summed E-state index contributed by atoms with van der Waals surface area (Å²) in [5.74, 6) is 0.992. The Morgan fingerprint density at radius 2 is 1.73 bits per heavy atom. The second kappa shape index (κ2) is 9.01. The summed E-state index contributed by atoms with van der Waals surface area (Å²) in [4.78, 5) is 25.6. The second-order valence-electron chi connectivity index (χ2n) is 6.32. The highest BCUT2D eigenvalue weighted by atomic mass is 32.1. The minimum absolute atomic E-state index is 0.272. The molecule has 5 N–H and O–H groups in total. The minimum atomic E-state index is -0.272. The Morgan fingerprint density at radius 3 is 2.57 bits per heavy atom. The van der Waals surface area contributed by atoms with Gasteiger partial charge in [0.05, 0.1) is 17.6 Å². The van der Waals surface area contributed by atoms with Crippen LogP contribution in [0.25, 0.3) is 0 Å². The molecule has 0 aliphatic carbocycles. The van der Waals surface area contributed by atoms with Crippen LogP contribution in [0.15, 0.2) is 73.2 Å². The summed E-state index contributed by atoms with van der Waals surface area (Å²) < 4.78 is 0. The fourth-order valence-corrected chi connectivity index (χ4v) is 3.37. The van der Waals surface area contributed by atoms with Gasteiger partial charge in [0.25, 0.3) is 5.91 Å². The Bertz CT molecular complexity index is 1150. The van der Waals surface area contributed by atoms with Crippen molar-refractivity contribution in [2.75, 3.05) is 21.7 Å². The van der Waals surface area contributed by atoms with E-state index in [0.717, 1.165) is 5.56 Å². The van der Waals surface area contributed by atoms with Crippen LogP contribution in [0.2, 0.25) is 0 Å². The zero-order valence-corrected chi connectivity index (χ0v) is 16.7. The normalized spacial score (nSPS) is 10.4. The molecule has 0 unspecified atom stereocenters. The Morgan fingerprint density at radius 1 is 0.967 bits per heavy atom. The third-order valence-corrected chi connectivity index (χ3v) is 5.07. The van der Waals surface area contributed by atoms with E-state index < -0.39 is 0 Å². The lowest BCUT2D eigenvalue weighted by Gasteiger charge is -2.07. The van der Waals surface area contributed by atoms with E-state index in [1.807, 2.05) is 42.5 Å². The van der Waals surface area contributed by atoms with Gasteiger partial charge in [0.15, 0.2) is 5.13 Å². The Labute approximate surface area is 177 Å². The van der Waals surface area contributed by atoms with Crippen molar-refractivity contribution in [3.05, 3.63) is 83.6 Å². The van der Waals surface area contributed by atoms with Gasteiger partial charge in [-0.2, -0.15) is 0 Å². The summed E-state index contributed by atoms with van der Waals surface area (Å²) in [5, 5.41) is 9.70. The van der Waals surface area contributed by atoms with E-state index in [1.54, 1.807) is 18.2 Å². The van der Waals surface area contributed by atoms with E-state index in [0.29, 0.717) is 39.6 Å². The first-order chi connectivity index (χ1) is 14.7. The van der Waals surface area contributed by atoms with Gasteiger partial charge in [-0.15, -0.1) is 0 Å². The molecule has 0 radical (unpaired) electrons. The van der Waals surface area contributed by atoms with Crippen LogP contribution in [0.4, 0.5) is 28.1 Å². The lowest BCUT2D eigenvalue weighted by Crippen LogP contribution is -2.11. The molecule has 0 saturated carbocycles. The molecule has 0 fully saturated rings. The van der Waals surface area contributed by atoms with Crippen molar-refractivity contribution >= 4 is 45.4 Å². The summed E-state index contributed by atoms with van der Waals surface area (Å²) in [5.41, 5.74) is 8.09. The van der Waals surface area contributed by atoms with Crippen LogP contribution in [0.5, 0.6) is 0 Å². The van der Waals surface area contributed by atoms with Crippen LogP contribution in [0.3, 0.4) is 0 Å². The molecule has 2 heterocycles. The van der Waals surface area contributed by atoms with Gasteiger partial charge in [0, 0.05) is 12.6 Å². The molecule has 4 rings (SSSR count). The number of benzene rings is 2. The summed E-state index contributed by atoms with van der Waals surface area (Å²) in [6.45, 7) is 0.654. The Hall–Kier alpha value is -3.98. The molecule has 2 aromatic carbocycles. The van der Waals surface area contributed by atoms with Crippen LogP contribution in [0, 0.1) is 0 Å². The van der Waals surface area contributed by atoms with Crippen LogP contribution >= 0.6 is 11.3 Å². The maximum absolute atomic E-state index is 12.4. The number of anilines is 5. The van der Waals surface area contributed by atoms with Crippen molar-refractivity contribution in [1.82, 2.24) is 15.0 Å². The van der Waals surface area contributed by atoms with Crippen molar-refractivity contribution in [3.8, 4) is 0 Å². The number of nitrogen functional groups attached to an aromatic ring is 1. The molecular weight excluding hydrogens is 398 g/mol. The molecule has 0 aliphatic heterocycles. The number of hydrogen-bond acceptors (Lipinski definition) is 8. The Balaban J connectivity index is 1.38. The van der Waals surface area contributed by atoms with Crippen LogP contribution in [-0.4, -0.2) is 20.9 Å². The number of nitrogens with two attached hydrogens (primary N) is 1. The van der Waals surface area contributed by atoms with E-state index in [9.17, 15) is 4.79 Å². The Kier molecular flexibility index (Phi) is 5.81. The fourth-order valence-electron chi connectivity index (χ4n) is 2.65. The van der Waals surface area contributed by atoms with Crippen LogP contribution < -0.4 is 21.7 Å². The highest BCUT2D eigenvalue weighted by molar-refractivity contribution is 7.17. The maximum Gasteiger partial charge on any atom is 0.267 e. The van der Waals surface area contributed by atoms with E-state index in [4.69, 9.17) is 5.73 Å². The molecule has 4 aromatic rings. The number of rotatable bonds is 7. The third-order valence-electron chi connectivity index (χ3n) is 4.16. The number of carbonyl (C=O) groups excluding carboxylic acids is 1. The van der Waals surface area contributed by atoms with E-state index >= 15 is 0 Å². The molecule has 0 bridgehead atoms. The van der Waals surface area contributed by atoms with Gasteiger partial charge in [-0.1, -0.05) is 53.8 Å². The average Bonchev–Trinajstić information content (AvgIpc) is 3.23. The first-order valence-electron chi connectivity index (χ1n) is 9.16. The predicted molar refractivity (Wildman–Crippen MR) is 120 cm³/mol. The molecular formula is C21H19N7OS. The topological polar surface area (TPSA) is 118 Å². The first-order valence-corrected chi connectivity index (χ1v) is 9.97. The zero-order valence-electron chi connectivity index (χ0n) is 15.9. The molecule has 150 valence electrons. The van der Waals surface area contributed by atoms with Crippen molar-refractivity contribution in [3.63, 3.8) is 0 Å². The first kappa shape index (κ1) is 19.3. The smallest absolute Gasteiger partial charge is 0.267 e. The van der Waals surface area contributed by atoms with Gasteiger partial charge in [0.2, 0.25) is 0 Å². The summed E-state index contributed by atoms with van der Waals surface area (Å²) in [6.07, 6.45) is 2.98. The molecule has 0 spiro atoms. The quantitative estimate of drug-likeness (QED) is 0.334. The van der Waals surface area contributed by atoms with Gasteiger partial charge in [-0.05, 0) is 17.7 Å². The summed E-state index contributed by atoms with van der Waals surface area (Å²) >= 11 is 1.22. The number of carbonyl (C=O) groups is 1. The lowest BCUT2D eigenvalue weighted by molar-refractivity contribution is 0.103. The zero-order chi connectivity index (χ0) is 20.8. The van der Waals surface area contributed by atoms with Gasteiger partial charge in [-0.25, -0.2) is 15.0 Å². The highest BCUT2D eigenvalue weighted by Crippen LogP contribution is 2.24. The van der Waals surface area contributed by atoms with Gasteiger partial charge in [-0.3, -0.25) is 4.79 Å². The lowest BCUT2D eigenvalue weighted by atomic mass is 10.2. The van der Waals surface area contributed by atoms with Gasteiger partial charge < -0.3 is 21.7 Å². The van der Waals surface area contributed by atoms with Crippen molar-refractivity contribution in [2.24, 2.45) is 0 Å². The average molecular weight is 417 g/mol. The van der Waals surface area contributed by atoms with E-state index in [-0.39, 0.29) is 5.91 Å². The number of aromatic nitrogens is 3. The highest BCUT2D eigenvalue weighted by Gasteiger charge is 2.12. The number of hydrogen-bond donors (Lipinski definition) is 4. The van der Waals surface area contributed by atoms with Crippen LogP contribution in [-0.2, 0) is 6.54 Å². The summed E-state index contributed by atoms with van der Waals surface area (Å²) in [6, 6.07) is 18.9. The van der Waals surface area contributed by atoms with Crippen molar-refractivity contribution < 1.29 is 4.79 Å². The number of nitrogens with one attached hydrogen (secondary N) is 3. The molecule has 9 heteroatoms. The van der Waals surface area contributed by atoms with Crippen molar-refractivity contribution in [2.45, 2.75) is 6.54 Å². The van der Waals surface area contributed by atoms with E-state index in [2.05, 4.69) is 30.9 Å². The third kappa shape index (κ3) is 4.89. The van der Waals surface area contributed by atoms with Crippen molar-refractivity contribution in [1.29, 1.82) is 0 Å². The monoisotopic (exact) mass is 417 g/mol. The number of amides is 1. The SMILES string of the molecule is Nc1ccccc1NC(=O)c1cnc(Nc2cc(NCc3ccccc3)ncn2)s1. The summed E-state index contributed by atoms with van der Waals surface area (Å²) in [7, 11) is 0. The molecule has 0 aliphatic rings. The molecule has 8 nitrogen and oxygen atoms in total. The number of nitrogens with zero attached hydrogens (tertiary/aromatic N) is 3. The molecule has 0 saturated heterocycles. The fraction of sp³-hybridized carbons (Fsp3) is 0.0476. The molecule has 0 atom stereocenters. The van der Waals surface area contributed by atoms with Crippen LogP contribution in [0.1, 0.15) is 15.2 Å². The largest absolute Gasteiger partial charge is 0.397 e.